The molecule has 0 aliphatic heterocycles. The first-order valence-electron chi connectivity index (χ1n) is 8.02. The molecule has 1 amide bonds. The highest BCUT2D eigenvalue weighted by Gasteiger charge is 2.16. The fourth-order valence-electron chi connectivity index (χ4n) is 2.23. The number of aryl methyl sites for hydroxylation is 1. The van der Waals surface area contributed by atoms with E-state index in [0.717, 1.165) is 6.42 Å². The summed E-state index contributed by atoms with van der Waals surface area (Å²) in [5.41, 5.74) is -0.473. The van der Waals surface area contributed by atoms with Crippen molar-refractivity contribution in [3.05, 3.63) is 46.6 Å². The predicted molar refractivity (Wildman–Crippen MR) is 91.9 cm³/mol. The highest BCUT2D eigenvalue weighted by molar-refractivity contribution is 6.04. The van der Waals surface area contributed by atoms with Crippen LogP contribution in [0.2, 0.25) is 0 Å². The van der Waals surface area contributed by atoms with Crippen LogP contribution in [0.3, 0.4) is 0 Å². The Morgan fingerprint density at radius 1 is 1.32 bits per heavy atom. The summed E-state index contributed by atoms with van der Waals surface area (Å²) >= 11 is 0. The van der Waals surface area contributed by atoms with Gasteiger partial charge in [-0.05, 0) is 31.5 Å². The summed E-state index contributed by atoms with van der Waals surface area (Å²) in [5.74, 6) is 0.134. The third-order valence-electron chi connectivity index (χ3n) is 3.51. The standard InChI is InChI=1S/C17H18N4O4/c1-3-7-24-12-6-5-11-8-13(16(23)25-14(11)9-12)15(22)19-17-18-10-21(4-2)20-17/h5-6,8-10H,3-4,7H2,1-2H3,(H,19,20,22). The van der Waals surface area contributed by atoms with Crippen LogP contribution in [0.25, 0.3) is 11.0 Å². The van der Waals surface area contributed by atoms with E-state index in [9.17, 15) is 9.59 Å². The van der Waals surface area contributed by atoms with E-state index in [4.69, 9.17) is 9.15 Å². The maximum Gasteiger partial charge on any atom is 0.349 e. The summed E-state index contributed by atoms with van der Waals surface area (Å²) in [4.78, 5) is 28.4. The van der Waals surface area contributed by atoms with Crippen LogP contribution in [0.4, 0.5) is 5.95 Å². The second-order valence-electron chi connectivity index (χ2n) is 5.37. The molecule has 0 unspecified atom stereocenters. The Morgan fingerprint density at radius 3 is 2.88 bits per heavy atom. The number of amides is 1. The molecule has 0 saturated carbocycles. The molecule has 2 heterocycles. The Labute approximate surface area is 143 Å². The molecule has 0 aliphatic rings. The molecule has 1 aromatic carbocycles. The highest BCUT2D eigenvalue weighted by Crippen LogP contribution is 2.21. The van der Waals surface area contributed by atoms with E-state index in [2.05, 4.69) is 15.4 Å². The van der Waals surface area contributed by atoms with Crippen molar-refractivity contribution in [2.75, 3.05) is 11.9 Å². The Balaban J connectivity index is 1.87. The lowest BCUT2D eigenvalue weighted by Gasteiger charge is -2.06. The molecule has 2 aromatic heterocycles. The van der Waals surface area contributed by atoms with Crippen molar-refractivity contribution in [3.8, 4) is 5.75 Å². The summed E-state index contributed by atoms with van der Waals surface area (Å²) in [6.07, 6.45) is 2.37. The molecule has 0 radical (unpaired) electrons. The third kappa shape index (κ3) is 3.68. The minimum Gasteiger partial charge on any atom is -0.493 e. The lowest BCUT2D eigenvalue weighted by atomic mass is 10.1. The molecular formula is C17H18N4O4. The molecule has 3 aromatic rings. The van der Waals surface area contributed by atoms with Crippen molar-refractivity contribution in [3.63, 3.8) is 0 Å². The van der Waals surface area contributed by atoms with Crippen molar-refractivity contribution in [2.45, 2.75) is 26.8 Å². The zero-order valence-electron chi connectivity index (χ0n) is 14.0. The molecule has 0 atom stereocenters. The van der Waals surface area contributed by atoms with Gasteiger partial charge in [-0.25, -0.2) is 9.78 Å². The number of hydrogen-bond acceptors (Lipinski definition) is 6. The molecule has 0 bridgehead atoms. The molecule has 130 valence electrons. The number of rotatable bonds is 6. The maximum atomic E-state index is 12.3. The highest BCUT2D eigenvalue weighted by atomic mass is 16.5. The van der Waals surface area contributed by atoms with E-state index in [0.29, 0.717) is 29.9 Å². The number of anilines is 1. The van der Waals surface area contributed by atoms with E-state index in [-0.39, 0.29) is 11.5 Å². The molecule has 0 saturated heterocycles. The van der Waals surface area contributed by atoms with Gasteiger partial charge in [-0.15, -0.1) is 5.10 Å². The molecule has 8 nitrogen and oxygen atoms in total. The van der Waals surface area contributed by atoms with Crippen LogP contribution in [-0.2, 0) is 6.54 Å². The minimum absolute atomic E-state index is 0.109. The van der Waals surface area contributed by atoms with E-state index in [1.54, 1.807) is 22.9 Å². The largest absolute Gasteiger partial charge is 0.493 e. The first-order valence-corrected chi connectivity index (χ1v) is 8.02. The third-order valence-corrected chi connectivity index (χ3v) is 3.51. The first-order chi connectivity index (χ1) is 12.1. The number of carbonyl (C=O) groups is 1. The minimum atomic E-state index is -0.729. The van der Waals surface area contributed by atoms with Crippen LogP contribution >= 0.6 is 0 Å². The van der Waals surface area contributed by atoms with Gasteiger partial charge in [-0.1, -0.05) is 6.92 Å². The second kappa shape index (κ2) is 7.16. The van der Waals surface area contributed by atoms with Crippen molar-refractivity contribution in [2.24, 2.45) is 0 Å². The van der Waals surface area contributed by atoms with E-state index in [1.165, 1.54) is 12.4 Å². The number of ether oxygens (including phenoxy) is 1. The fourth-order valence-corrected chi connectivity index (χ4v) is 2.23. The van der Waals surface area contributed by atoms with Crippen molar-refractivity contribution in [1.82, 2.24) is 14.8 Å². The van der Waals surface area contributed by atoms with Crippen LogP contribution in [-0.4, -0.2) is 27.3 Å². The van der Waals surface area contributed by atoms with Crippen molar-refractivity contribution in [1.29, 1.82) is 0 Å². The predicted octanol–water partition coefficient (Wildman–Crippen LogP) is 2.45. The average molecular weight is 342 g/mol. The Morgan fingerprint density at radius 2 is 2.16 bits per heavy atom. The quantitative estimate of drug-likeness (QED) is 0.691. The van der Waals surface area contributed by atoms with Gasteiger partial charge in [0, 0.05) is 18.0 Å². The average Bonchev–Trinajstić information content (AvgIpc) is 3.06. The number of nitrogens with one attached hydrogen (secondary N) is 1. The summed E-state index contributed by atoms with van der Waals surface area (Å²) in [5, 5.41) is 7.17. The van der Waals surface area contributed by atoms with Gasteiger partial charge in [-0.2, -0.15) is 0 Å². The van der Waals surface area contributed by atoms with Gasteiger partial charge < -0.3 is 9.15 Å². The van der Waals surface area contributed by atoms with Crippen molar-refractivity contribution < 1.29 is 13.9 Å². The number of carbonyl (C=O) groups excluding carboxylic acids is 1. The fraction of sp³-hybridized carbons (Fsp3) is 0.294. The van der Waals surface area contributed by atoms with Gasteiger partial charge >= 0.3 is 5.63 Å². The smallest absolute Gasteiger partial charge is 0.349 e. The van der Waals surface area contributed by atoms with Crippen LogP contribution in [0.5, 0.6) is 5.75 Å². The topological polar surface area (TPSA) is 99.2 Å². The zero-order valence-corrected chi connectivity index (χ0v) is 14.0. The molecule has 0 spiro atoms. The summed E-state index contributed by atoms with van der Waals surface area (Å²) in [6.45, 7) is 5.11. The Kier molecular flexibility index (Phi) is 4.78. The molecule has 3 rings (SSSR count). The van der Waals surface area contributed by atoms with Gasteiger partial charge in [-0.3, -0.25) is 14.8 Å². The van der Waals surface area contributed by atoms with E-state index >= 15 is 0 Å². The Bertz CT molecular complexity index is 961. The monoisotopic (exact) mass is 342 g/mol. The van der Waals surface area contributed by atoms with Crippen molar-refractivity contribution >= 4 is 22.8 Å². The van der Waals surface area contributed by atoms with Crippen LogP contribution in [0.15, 0.2) is 39.8 Å². The maximum absolute atomic E-state index is 12.3. The molecule has 1 N–H and O–H groups in total. The lowest BCUT2D eigenvalue weighted by molar-refractivity contribution is 0.102. The van der Waals surface area contributed by atoms with Gasteiger partial charge in [0.1, 0.15) is 23.2 Å². The number of nitrogens with zero attached hydrogens (tertiary/aromatic N) is 3. The van der Waals surface area contributed by atoms with Crippen LogP contribution < -0.4 is 15.7 Å². The summed E-state index contributed by atoms with van der Waals surface area (Å²) in [6, 6.07) is 6.63. The van der Waals surface area contributed by atoms with Gasteiger partial charge in [0.25, 0.3) is 5.91 Å². The van der Waals surface area contributed by atoms with E-state index < -0.39 is 11.5 Å². The van der Waals surface area contributed by atoms with Crippen LogP contribution in [0.1, 0.15) is 30.6 Å². The SMILES string of the molecule is CCCOc1ccc2cc(C(=O)Nc3ncn(CC)n3)c(=O)oc2c1. The first kappa shape index (κ1) is 16.7. The lowest BCUT2D eigenvalue weighted by Crippen LogP contribution is -2.21. The normalized spacial score (nSPS) is 10.8. The molecule has 0 fully saturated rings. The summed E-state index contributed by atoms with van der Waals surface area (Å²) < 4.78 is 12.3. The number of aromatic nitrogens is 3. The Hall–Kier alpha value is -3.16. The van der Waals surface area contributed by atoms with Gasteiger partial charge in [0.05, 0.1) is 6.61 Å². The summed E-state index contributed by atoms with van der Waals surface area (Å²) in [7, 11) is 0. The zero-order chi connectivity index (χ0) is 17.8. The van der Waals surface area contributed by atoms with Gasteiger partial charge in [0.2, 0.25) is 5.95 Å². The number of fused-ring (bicyclic) bond motifs is 1. The molecular weight excluding hydrogens is 324 g/mol. The molecule has 8 heteroatoms. The second-order valence-corrected chi connectivity index (χ2v) is 5.37. The van der Waals surface area contributed by atoms with Crippen LogP contribution in [0, 0.1) is 0 Å². The van der Waals surface area contributed by atoms with Gasteiger partial charge in [0.15, 0.2) is 0 Å². The number of benzene rings is 1. The number of hydrogen-bond donors (Lipinski definition) is 1. The molecule has 25 heavy (non-hydrogen) atoms. The molecule has 0 aliphatic carbocycles. The van der Waals surface area contributed by atoms with E-state index in [1.807, 2.05) is 13.8 Å².